The van der Waals surface area contributed by atoms with E-state index in [1.165, 1.54) is 6.20 Å². The maximum Gasteiger partial charge on any atom is 0.293 e. The Morgan fingerprint density at radius 2 is 1.83 bits per heavy atom. The Hall–Kier alpha value is -4.75. The van der Waals surface area contributed by atoms with Crippen LogP contribution in [0.3, 0.4) is 0 Å². The Labute approximate surface area is 258 Å². The molecule has 0 spiro atoms. The summed E-state index contributed by atoms with van der Waals surface area (Å²) < 4.78 is 87.1. The topological polar surface area (TPSA) is 101 Å². The van der Waals surface area contributed by atoms with Gasteiger partial charge in [0, 0.05) is 46.0 Å². The number of nitrogens with one attached hydrogen (secondary N) is 2. The van der Waals surface area contributed by atoms with Gasteiger partial charge in [-0.25, -0.2) is 17.6 Å². The second-order valence-corrected chi connectivity index (χ2v) is 12.1. The number of alkyl halides is 4. The third-order valence-electron chi connectivity index (χ3n) is 8.68. The molecule has 8 nitrogen and oxygen atoms in total. The highest BCUT2D eigenvalue weighted by Crippen LogP contribution is 2.68. The summed E-state index contributed by atoms with van der Waals surface area (Å²) in [6.45, 7) is 3.20. The number of rotatable bonds is 9. The summed E-state index contributed by atoms with van der Waals surface area (Å²) in [5.41, 5.74) is 1.43. The van der Waals surface area contributed by atoms with E-state index in [1.807, 2.05) is 26.0 Å². The molecule has 1 fully saturated rings. The Morgan fingerprint density at radius 3 is 2.50 bits per heavy atom. The maximum absolute atomic E-state index is 15.2. The molecule has 0 aliphatic heterocycles. The molecule has 4 aromatic heterocycles. The average Bonchev–Trinajstić information content (AvgIpc) is 3.38. The fourth-order valence-electron chi connectivity index (χ4n) is 6.53. The van der Waals surface area contributed by atoms with Gasteiger partial charge in [-0.05, 0) is 48.4 Å². The first-order valence-corrected chi connectivity index (χ1v) is 14.7. The molecule has 4 heterocycles. The van der Waals surface area contributed by atoms with Gasteiger partial charge in [-0.1, -0.05) is 19.9 Å². The number of H-pyrrole nitrogens is 1. The zero-order valence-electron chi connectivity index (χ0n) is 24.5. The van der Waals surface area contributed by atoms with Crippen molar-refractivity contribution in [1.82, 2.24) is 35.3 Å². The monoisotopic (exact) mass is 639 g/mol. The molecule has 1 saturated carbocycles. The number of hydrogen-bond acceptors (Lipinski definition) is 5. The second kappa shape index (κ2) is 11.0. The van der Waals surface area contributed by atoms with Crippen LogP contribution in [0.25, 0.3) is 22.0 Å². The van der Waals surface area contributed by atoms with Crippen LogP contribution in [0, 0.1) is 17.6 Å². The van der Waals surface area contributed by atoms with Crippen molar-refractivity contribution in [2.75, 3.05) is 0 Å². The number of amides is 1. The van der Waals surface area contributed by atoms with Gasteiger partial charge >= 0.3 is 0 Å². The quantitative estimate of drug-likeness (QED) is 0.172. The first-order chi connectivity index (χ1) is 21.9. The summed E-state index contributed by atoms with van der Waals surface area (Å²) in [4.78, 5) is 22.7. The van der Waals surface area contributed by atoms with Crippen LogP contribution in [-0.4, -0.2) is 35.9 Å². The number of halogens is 6. The van der Waals surface area contributed by atoms with Crippen LogP contribution in [0.15, 0.2) is 48.9 Å². The Kier molecular flexibility index (Phi) is 7.13. The van der Waals surface area contributed by atoms with Gasteiger partial charge in [-0.2, -0.15) is 19.0 Å². The minimum Gasteiger partial charge on any atom is -0.346 e. The van der Waals surface area contributed by atoms with E-state index in [0.29, 0.717) is 32.8 Å². The van der Waals surface area contributed by atoms with Crippen LogP contribution in [0.2, 0.25) is 0 Å². The molecule has 2 aliphatic carbocycles. The average molecular weight is 640 g/mol. The Bertz CT molecular complexity index is 1950. The third-order valence-corrected chi connectivity index (χ3v) is 8.68. The number of carbonyl (C=O) groups excluding carboxylic acids is 1. The number of fused-ring (bicyclic) bond motifs is 4. The second-order valence-electron chi connectivity index (χ2n) is 12.1. The summed E-state index contributed by atoms with van der Waals surface area (Å²) in [5, 5.41) is 14.1. The zero-order chi connectivity index (χ0) is 32.5. The largest absolute Gasteiger partial charge is 0.346 e. The maximum atomic E-state index is 15.2. The number of hydrogen-bond donors (Lipinski definition) is 2. The molecule has 3 atom stereocenters. The van der Waals surface area contributed by atoms with Crippen molar-refractivity contribution in [1.29, 1.82) is 0 Å². The molecule has 0 saturated heterocycles. The number of benzene rings is 1. The summed E-state index contributed by atoms with van der Waals surface area (Å²) in [5.74, 6) is -7.57. The smallest absolute Gasteiger partial charge is 0.293 e. The standard InChI is InChI=1S/C32H27F6N7O/c1-14(2)22-4-3-16(10-39-22)26-20-11-41-43-24(20)12-40-28(26)23(7-15-5-17(33)8-18(34)6-15)42-25(46)13-45-30-27(29(44-45)31(35)36)19-9-21(19)32(30,37)38/h3-6,8,10-12,14,19,21,23,31H,7,9,13H2,1-2H3,(H,41,43)(H,42,46)/t19-,21?,23?/m0/s1. The molecule has 238 valence electrons. The molecule has 46 heavy (non-hydrogen) atoms. The number of aromatic nitrogens is 6. The van der Waals surface area contributed by atoms with E-state index in [4.69, 9.17) is 0 Å². The highest BCUT2D eigenvalue weighted by Gasteiger charge is 2.67. The van der Waals surface area contributed by atoms with Gasteiger partial charge in [0.05, 0.1) is 29.6 Å². The van der Waals surface area contributed by atoms with Crippen molar-refractivity contribution < 1.29 is 31.1 Å². The van der Waals surface area contributed by atoms with Gasteiger partial charge < -0.3 is 5.32 Å². The molecule has 0 radical (unpaired) electrons. The lowest BCUT2D eigenvalue weighted by atomic mass is 9.93. The molecule has 2 aliphatic rings. The van der Waals surface area contributed by atoms with Gasteiger partial charge in [-0.15, -0.1) is 0 Å². The predicted molar refractivity (Wildman–Crippen MR) is 154 cm³/mol. The Morgan fingerprint density at radius 1 is 1.07 bits per heavy atom. The fourth-order valence-corrected chi connectivity index (χ4v) is 6.53. The summed E-state index contributed by atoms with van der Waals surface area (Å²) in [6.07, 6.45) is 1.55. The van der Waals surface area contributed by atoms with Crippen LogP contribution in [-0.2, 0) is 23.7 Å². The summed E-state index contributed by atoms with van der Waals surface area (Å²) in [6, 6.07) is 5.56. The SMILES string of the molecule is CC(C)c1ccc(-c2c(C(Cc3cc(F)cc(F)c3)NC(=O)Cn3nc(C(F)F)c4c3C(F)(F)C3C[C@H]43)ncc3[nH]ncc23)cn1. The van der Waals surface area contributed by atoms with E-state index in [2.05, 4.69) is 30.6 Å². The van der Waals surface area contributed by atoms with Gasteiger partial charge in [0.25, 0.3) is 12.3 Å². The van der Waals surface area contributed by atoms with Gasteiger partial charge in [0.15, 0.2) is 0 Å². The lowest BCUT2D eigenvalue weighted by Gasteiger charge is -2.23. The summed E-state index contributed by atoms with van der Waals surface area (Å²) in [7, 11) is 0. The van der Waals surface area contributed by atoms with Crippen molar-refractivity contribution in [2.45, 2.75) is 63.5 Å². The first-order valence-electron chi connectivity index (χ1n) is 14.7. The number of carbonyl (C=O) groups is 1. The fraction of sp³-hybridized carbons (Fsp3) is 0.344. The van der Waals surface area contributed by atoms with E-state index in [0.717, 1.165) is 17.8 Å². The predicted octanol–water partition coefficient (Wildman–Crippen LogP) is 6.86. The summed E-state index contributed by atoms with van der Waals surface area (Å²) >= 11 is 0. The van der Waals surface area contributed by atoms with E-state index < -0.39 is 65.7 Å². The minimum absolute atomic E-state index is 0.0851. The van der Waals surface area contributed by atoms with E-state index in [9.17, 15) is 22.4 Å². The molecular formula is C32H27F6N7O. The van der Waals surface area contributed by atoms with E-state index in [-0.39, 0.29) is 35.6 Å². The van der Waals surface area contributed by atoms with Gasteiger partial charge in [-0.3, -0.25) is 24.5 Å². The van der Waals surface area contributed by atoms with Gasteiger partial charge in [0.1, 0.15) is 29.6 Å². The molecule has 5 aromatic rings. The highest BCUT2D eigenvalue weighted by molar-refractivity contribution is 5.95. The molecule has 0 bridgehead atoms. The Balaban J connectivity index is 1.29. The molecule has 14 heteroatoms. The third kappa shape index (κ3) is 5.09. The molecule has 7 rings (SSSR count). The van der Waals surface area contributed by atoms with Crippen LogP contribution >= 0.6 is 0 Å². The van der Waals surface area contributed by atoms with Crippen molar-refractivity contribution in [3.05, 3.63) is 94.5 Å². The van der Waals surface area contributed by atoms with Crippen LogP contribution in [0.5, 0.6) is 0 Å². The van der Waals surface area contributed by atoms with E-state index in [1.54, 1.807) is 12.4 Å². The molecule has 1 aromatic carbocycles. The number of pyridine rings is 2. The van der Waals surface area contributed by atoms with Crippen molar-refractivity contribution in [2.24, 2.45) is 5.92 Å². The molecular weight excluding hydrogens is 612 g/mol. The van der Waals surface area contributed by atoms with Crippen LogP contribution in [0.4, 0.5) is 26.3 Å². The first kappa shape index (κ1) is 29.9. The van der Waals surface area contributed by atoms with Crippen molar-refractivity contribution >= 4 is 16.8 Å². The van der Waals surface area contributed by atoms with Gasteiger partial charge in [0.2, 0.25) is 5.91 Å². The highest BCUT2D eigenvalue weighted by atomic mass is 19.3. The van der Waals surface area contributed by atoms with Crippen molar-refractivity contribution in [3.8, 4) is 11.1 Å². The lowest BCUT2D eigenvalue weighted by Crippen LogP contribution is -2.35. The normalized spacial score (nSPS) is 18.7. The van der Waals surface area contributed by atoms with Crippen LogP contribution < -0.4 is 5.32 Å². The van der Waals surface area contributed by atoms with E-state index >= 15 is 8.78 Å². The molecule has 2 unspecified atom stereocenters. The minimum atomic E-state index is -3.41. The number of aromatic amines is 1. The molecule has 1 amide bonds. The number of nitrogens with zero attached hydrogens (tertiary/aromatic N) is 5. The lowest BCUT2D eigenvalue weighted by molar-refractivity contribution is -0.123. The van der Waals surface area contributed by atoms with Crippen LogP contribution in [0.1, 0.15) is 78.5 Å². The molecule has 2 N–H and O–H groups in total. The van der Waals surface area contributed by atoms with Crippen molar-refractivity contribution in [3.63, 3.8) is 0 Å². The zero-order valence-corrected chi connectivity index (χ0v) is 24.5.